The Morgan fingerprint density at radius 3 is 2.55 bits per heavy atom. The smallest absolute Gasteiger partial charge is 0.200 e. The largest absolute Gasteiger partial charge is 0.484 e. The van der Waals surface area contributed by atoms with Gasteiger partial charge in [-0.25, -0.2) is 0 Å². The molecule has 0 unspecified atom stereocenters. The van der Waals surface area contributed by atoms with E-state index in [0.29, 0.717) is 16.3 Å². The summed E-state index contributed by atoms with van der Waals surface area (Å²) in [5.41, 5.74) is 2.91. The van der Waals surface area contributed by atoms with Crippen LogP contribution in [0.15, 0.2) is 40.9 Å². The molecule has 4 heteroatoms. The highest BCUT2D eigenvalue weighted by Gasteiger charge is 2.09. The molecule has 2 rings (SSSR count). The lowest BCUT2D eigenvalue weighted by Crippen LogP contribution is -2.12. The highest BCUT2D eigenvalue weighted by molar-refractivity contribution is 9.10. The number of hydrogen-bond acceptors (Lipinski definition) is 2. The number of ether oxygens (including phenoxy) is 1. The van der Waals surface area contributed by atoms with Crippen LogP contribution < -0.4 is 4.74 Å². The summed E-state index contributed by atoms with van der Waals surface area (Å²) in [6, 6.07) is 10.9. The Balaban J connectivity index is 2.06. The molecule has 0 fully saturated rings. The van der Waals surface area contributed by atoms with Crippen molar-refractivity contribution < 1.29 is 9.53 Å². The van der Waals surface area contributed by atoms with Crippen molar-refractivity contribution in [2.75, 3.05) is 6.61 Å². The molecule has 0 aliphatic carbocycles. The van der Waals surface area contributed by atoms with E-state index in [2.05, 4.69) is 15.9 Å². The normalized spacial score (nSPS) is 10.4. The molecule has 2 aromatic rings. The van der Waals surface area contributed by atoms with Gasteiger partial charge in [-0.05, 0) is 49.2 Å². The average molecular weight is 354 g/mol. The van der Waals surface area contributed by atoms with Gasteiger partial charge >= 0.3 is 0 Å². The number of carbonyl (C=O) groups is 1. The molecule has 0 aromatic heterocycles. The molecule has 0 aliphatic heterocycles. The van der Waals surface area contributed by atoms with E-state index in [-0.39, 0.29) is 12.4 Å². The summed E-state index contributed by atoms with van der Waals surface area (Å²) in [7, 11) is 0. The van der Waals surface area contributed by atoms with Crippen LogP contribution >= 0.6 is 27.5 Å². The lowest BCUT2D eigenvalue weighted by atomic mass is 10.0. The van der Waals surface area contributed by atoms with Gasteiger partial charge in [0.2, 0.25) is 0 Å². The molecule has 0 heterocycles. The van der Waals surface area contributed by atoms with Crippen LogP contribution in [-0.2, 0) is 0 Å². The summed E-state index contributed by atoms with van der Waals surface area (Å²) in [4.78, 5) is 12.1. The van der Waals surface area contributed by atoms with E-state index in [4.69, 9.17) is 16.3 Å². The fourth-order valence-electron chi connectivity index (χ4n) is 1.73. The minimum Gasteiger partial charge on any atom is -0.484 e. The number of ketones is 1. The van der Waals surface area contributed by atoms with Crippen molar-refractivity contribution in [1.82, 2.24) is 0 Å². The van der Waals surface area contributed by atoms with Gasteiger partial charge in [-0.1, -0.05) is 39.7 Å². The van der Waals surface area contributed by atoms with Crippen LogP contribution in [0.25, 0.3) is 0 Å². The molecule has 0 atom stereocenters. The standard InChI is InChI=1S/C16H14BrClO2/c1-10-3-4-12(7-11(10)2)15(19)9-20-16-6-5-13(17)8-14(16)18/h3-8H,9H2,1-2H3. The third-order valence-corrected chi connectivity index (χ3v) is 3.87. The second-order valence-corrected chi connectivity index (χ2v) is 5.91. The highest BCUT2D eigenvalue weighted by atomic mass is 79.9. The first-order chi connectivity index (χ1) is 9.47. The number of benzene rings is 2. The Bertz CT molecular complexity index is 653. The number of hydrogen-bond donors (Lipinski definition) is 0. The first-order valence-corrected chi connectivity index (χ1v) is 7.33. The molecule has 0 radical (unpaired) electrons. The maximum atomic E-state index is 12.1. The molecular weight excluding hydrogens is 340 g/mol. The fourth-order valence-corrected chi connectivity index (χ4v) is 2.46. The molecule has 0 saturated carbocycles. The van der Waals surface area contributed by atoms with E-state index >= 15 is 0 Å². The molecule has 0 amide bonds. The lowest BCUT2D eigenvalue weighted by Gasteiger charge is -2.08. The van der Waals surface area contributed by atoms with E-state index in [1.807, 2.05) is 38.1 Å². The molecule has 0 N–H and O–H groups in total. The Kier molecular flexibility index (Phi) is 4.84. The summed E-state index contributed by atoms with van der Waals surface area (Å²) in [6.07, 6.45) is 0. The third-order valence-electron chi connectivity index (χ3n) is 3.08. The number of Topliss-reactive ketones (excluding diaryl/α,β-unsaturated/α-hetero) is 1. The molecule has 0 spiro atoms. The lowest BCUT2D eigenvalue weighted by molar-refractivity contribution is 0.0921. The predicted molar refractivity (Wildman–Crippen MR) is 84.9 cm³/mol. The summed E-state index contributed by atoms with van der Waals surface area (Å²) in [5.74, 6) is 0.444. The van der Waals surface area contributed by atoms with Gasteiger partial charge in [0.25, 0.3) is 0 Å². The first-order valence-electron chi connectivity index (χ1n) is 6.15. The second kappa shape index (κ2) is 6.42. The molecular formula is C16H14BrClO2. The van der Waals surface area contributed by atoms with Crippen molar-refractivity contribution in [1.29, 1.82) is 0 Å². The molecule has 0 bridgehead atoms. The predicted octanol–water partition coefficient (Wildman–Crippen LogP) is 4.98. The number of halogens is 2. The van der Waals surface area contributed by atoms with Gasteiger partial charge in [-0.3, -0.25) is 4.79 Å². The van der Waals surface area contributed by atoms with Crippen LogP contribution in [0.3, 0.4) is 0 Å². The molecule has 20 heavy (non-hydrogen) atoms. The minimum absolute atomic E-state index is 0.0240. The molecule has 0 aliphatic rings. The van der Waals surface area contributed by atoms with Gasteiger partial charge in [-0.15, -0.1) is 0 Å². The quantitative estimate of drug-likeness (QED) is 0.725. The summed E-state index contributed by atoms with van der Waals surface area (Å²) < 4.78 is 6.35. The van der Waals surface area contributed by atoms with Gasteiger partial charge in [0, 0.05) is 10.0 Å². The van der Waals surface area contributed by atoms with Crippen molar-refractivity contribution >= 4 is 33.3 Å². The van der Waals surface area contributed by atoms with Crippen LogP contribution in [0, 0.1) is 13.8 Å². The molecule has 0 saturated heterocycles. The van der Waals surface area contributed by atoms with Gasteiger partial charge in [0.15, 0.2) is 12.4 Å². The van der Waals surface area contributed by atoms with E-state index < -0.39 is 0 Å². The average Bonchev–Trinajstić information content (AvgIpc) is 2.40. The maximum Gasteiger partial charge on any atom is 0.200 e. The highest BCUT2D eigenvalue weighted by Crippen LogP contribution is 2.27. The minimum atomic E-state index is -0.0629. The number of rotatable bonds is 4. The van der Waals surface area contributed by atoms with Crippen molar-refractivity contribution in [3.8, 4) is 5.75 Å². The van der Waals surface area contributed by atoms with Crippen LogP contribution in [0.4, 0.5) is 0 Å². The van der Waals surface area contributed by atoms with Crippen LogP contribution in [0.5, 0.6) is 5.75 Å². The maximum absolute atomic E-state index is 12.1. The molecule has 2 aromatic carbocycles. The van der Waals surface area contributed by atoms with Crippen molar-refractivity contribution in [3.63, 3.8) is 0 Å². The van der Waals surface area contributed by atoms with Gasteiger partial charge in [-0.2, -0.15) is 0 Å². The zero-order chi connectivity index (χ0) is 14.7. The topological polar surface area (TPSA) is 26.3 Å². The zero-order valence-corrected chi connectivity index (χ0v) is 13.6. The van der Waals surface area contributed by atoms with Crippen molar-refractivity contribution in [2.24, 2.45) is 0 Å². The van der Waals surface area contributed by atoms with E-state index in [1.165, 1.54) is 5.56 Å². The monoisotopic (exact) mass is 352 g/mol. The van der Waals surface area contributed by atoms with Crippen molar-refractivity contribution in [3.05, 3.63) is 62.6 Å². The molecule has 104 valence electrons. The van der Waals surface area contributed by atoms with Crippen LogP contribution in [0.1, 0.15) is 21.5 Å². The molecule has 2 nitrogen and oxygen atoms in total. The summed E-state index contributed by atoms with van der Waals surface area (Å²) in [5, 5.41) is 0.479. The number of carbonyl (C=O) groups excluding carboxylic acids is 1. The van der Waals surface area contributed by atoms with Crippen LogP contribution in [-0.4, -0.2) is 12.4 Å². The Morgan fingerprint density at radius 2 is 1.90 bits per heavy atom. The van der Waals surface area contributed by atoms with E-state index in [0.717, 1.165) is 10.0 Å². The first kappa shape index (κ1) is 15.1. The van der Waals surface area contributed by atoms with Crippen LogP contribution in [0.2, 0.25) is 5.02 Å². The SMILES string of the molecule is Cc1ccc(C(=O)COc2ccc(Br)cc2Cl)cc1C. The van der Waals surface area contributed by atoms with Crippen molar-refractivity contribution in [2.45, 2.75) is 13.8 Å². The Labute approximate surface area is 131 Å². The Hall–Kier alpha value is -1.32. The van der Waals surface area contributed by atoms with E-state index in [9.17, 15) is 4.79 Å². The number of aryl methyl sites for hydroxylation is 2. The van der Waals surface area contributed by atoms with Gasteiger partial charge in [0.05, 0.1) is 5.02 Å². The summed E-state index contributed by atoms with van der Waals surface area (Å²) >= 11 is 9.36. The third kappa shape index (κ3) is 3.62. The Morgan fingerprint density at radius 1 is 1.15 bits per heavy atom. The summed E-state index contributed by atoms with van der Waals surface area (Å²) in [6.45, 7) is 3.98. The van der Waals surface area contributed by atoms with E-state index in [1.54, 1.807) is 12.1 Å². The second-order valence-electron chi connectivity index (χ2n) is 4.59. The zero-order valence-electron chi connectivity index (χ0n) is 11.2. The van der Waals surface area contributed by atoms with Gasteiger partial charge < -0.3 is 4.74 Å². The van der Waals surface area contributed by atoms with Gasteiger partial charge in [0.1, 0.15) is 5.75 Å². The fraction of sp³-hybridized carbons (Fsp3) is 0.188.